The second-order valence-electron chi connectivity index (χ2n) is 4.79. The maximum Gasteiger partial charge on any atom is 0.271 e. The van der Waals surface area contributed by atoms with E-state index in [2.05, 4.69) is 10.9 Å². The first kappa shape index (κ1) is 16.0. The van der Waals surface area contributed by atoms with Crippen LogP contribution in [0.25, 0.3) is 0 Å². The molecule has 2 aromatic carbocycles. The smallest absolute Gasteiger partial charge is 0.271 e. The molecule has 22 heavy (non-hydrogen) atoms. The van der Waals surface area contributed by atoms with Gasteiger partial charge in [0.25, 0.3) is 5.91 Å². The van der Waals surface area contributed by atoms with Crippen molar-refractivity contribution in [3.8, 4) is 0 Å². The molecule has 2 rings (SSSR count). The summed E-state index contributed by atoms with van der Waals surface area (Å²) in [5.41, 5.74) is 6.09. The van der Waals surface area contributed by atoms with E-state index in [9.17, 15) is 9.59 Å². The maximum absolute atomic E-state index is 12.2. The number of amides is 2. The highest BCUT2D eigenvalue weighted by Gasteiger charge is 2.19. The summed E-state index contributed by atoms with van der Waals surface area (Å²) in [6.07, 6.45) is 0.637. The lowest BCUT2D eigenvalue weighted by molar-refractivity contribution is -0.123. The maximum atomic E-state index is 12.2. The van der Waals surface area contributed by atoms with Crippen LogP contribution in [0, 0.1) is 0 Å². The quantitative estimate of drug-likeness (QED) is 0.850. The zero-order chi connectivity index (χ0) is 15.9. The van der Waals surface area contributed by atoms with Gasteiger partial charge in [0.05, 0.1) is 16.5 Å². The number of hydrogen-bond donors (Lipinski definition) is 2. The first-order chi connectivity index (χ1) is 10.6. The first-order valence-corrected chi connectivity index (χ1v) is 7.41. The molecule has 0 radical (unpaired) electrons. The van der Waals surface area contributed by atoms with Crippen molar-refractivity contribution in [3.63, 3.8) is 0 Å². The molecule has 0 fully saturated rings. The highest BCUT2D eigenvalue weighted by molar-refractivity contribution is 6.33. The average Bonchev–Trinajstić information content (AvgIpc) is 2.55. The average molecular weight is 317 g/mol. The molecule has 2 amide bonds. The van der Waals surface area contributed by atoms with Crippen molar-refractivity contribution in [1.82, 2.24) is 10.9 Å². The molecule has 0 saturated heterocycles. The van der Waals surface area contributed by atoms with Gasteiger partial charge in [-0.3, -0.25) is 20.4 Å². The van der Waals surface area contributed by atoms with Crippen LogP contribution >= 0.6 is 11.6 Å². The monoisotopic (exact) mass is 316 g/mol. The number of halogens is 1. The summed E-state index contributed by atoms with van der Waals surface area (Å²) in [5.74, 6) is -1.01. The molecule has 0 aromatic heterocycles. The van der Waals surface area contributed by atoms with E-state index >= 15 is 0 Å². The van der Waals surface area contributed by atoms with E-state index in [1.165, 1.54) is 0 Å². The van der Waals surface area contributed by atoms with E-state index in [1.54, 1.807) is 24.3 Å². The molecule has 0 aliphatic rings. The number of hydrazine groups is 1. The fourth-order valence-electron chi connectivity index (χ4n) is 2.18. The van der Waals surface area contributed by atoms with Crippen molar-refractivity contribution < 1.29 is 9.59 Å². The summed E-state index contributed by atoms with van der Waals surface area (Å²) < 4.78 is 0. The minimum atomic E-state index is -0.443. The summed E-state index contributed by atoms with van der Waals surface area (Å²) >= 11 is 5.95. The minimum Gasteiger partial charge on any atom is -0.273 e. The highest BCUT2D eigenvalue weighted by Crippen LogP contribution is 2.19. The zero-order valence-corrected chi connectivity index (χ0v) is 12.9. The lowest BCUT2D eigenvalue weighted by Gasteiger charge is -2.16. The molecule has 0 heterocycles. The third-order valence-electron chi connectivity index (χ3n) is 3.34. The van der Waals surface area contributed by atoms with Gasteiger partial charge >= 0.3 is 0 Å². The molecule has 1 unspecified atom stereocenters. The van der Waals surface area contributed by atoms with Crippen LogP contribution in [0.15, 0.2) is 54.6 Å². The Kier molecular flexibility index (Phi) is 5.55. The Morgan fingerprint density at radius 1 is 1.00 bits per heavy atom. The van der Waals surface area contributed by atoms with Gasteiger partial charge in [-0.1, -0.05) is 61.0 Å². The molecular weight excluding hydrogens is 300 g/mol. The third kappa shape index (κ3) is 3.86. The van der Waals surface area contributed by atoms with Gasteiger partial charge in [0, 0.05) is 0 Å². The lowest BCUT2D eigenvalue weighted by Crippen LogP contribution is -2.44. The van der Waals surface area contributed by atoms with Crippen molar-refractivity contribution in [2.45, 2.75) is 19.3 Å². The van der Waals surface area contributed by atoms with E-state index in [-0.39, 0.29) is 11.8 Å². The Morgan fingerprint density at radius 2 is 1.64 bits per heavy atom. The number of carbonyl (C=O) groups excluding carboxylic acids is 2. The summed E-state index contributed by atoms with van der Waals surface area (Å²) in [6, 6.07) is 16.1. The van der Waals surface area contributed by atoms with Crippen LogP contribution in [0.4, 0.5) is 0 Å². The fraction of sp³-hybridized carbons (Fsp3) is 0.176. The van der Waals surface area contributed by atoms with E-state index in [0.717, 1.165) is 5.56 Å². The van der Waals surface area contributed by atoms with Crippen LogP contribution in [0.1, 0.15) is 35.2 Å². The largest absolute Gasteiger partial charge is 0.273 e. The Balaban J connectivity index is 2.00. The standard InChI is InChI=1S/C17H17ClN2O2/c1-2-13(12-8-4-3-5-9-12)16(21)19-20-17(22)14-10-6-7-11-15(14)18/h3-11,13H,2H2,1H3,(H,19,21)(H,20,22). The van der Waals surface area contributed by atoms with Gasteiger partial charge in [-0.2, -0.15) is 0 Å². The molecule has 0 saturated carbocycles. The van der Waals surface area contributed by atoms with Gasteiger partial charge in [0.2, 0.25) is 5.91 Å². The van der Waals surface area contributed by atoms with Crippen LogP contribution in [-0.4, -0.2) is 11.8 Å². The van der Waals surface area contributed by atoms with Gasteiger partial charge in [0.1, 0.15) is 0 Å². The molecule has 0 aliphatic heterocycles. The summed E-state index contributed by atoms with van der Waals surface area (Å²) in [4.78, 5) is 24.2. The van der Waals surface area contributed by atoms with Crippen LogP contribution in [0.3, 0.4) is 0 Å². The summed E-state index contributed by atoms with van der Waals surface area (Å²) in [7, 11) is 0. The van der Waals surface area contributed by atoms with Gasteiger partial charge in [0.15, 0.2) is 0 Å². The van der Waals surface area contributed by atoms with Gasteiger partial charge in [-0.05, 0) is 24.1 Å². The molecule has 2 aromatic rings. The second-order valence-corrected chi connectivity index (χ2v) is 5.20. The number of carbonyl (C=O) groups is 2. The number of nitrogens with one attached hydrogen (secondary N) is 2. The second kappa shape index (κ2) is 7.61. The van der Waals surface area contributed by atoms with E-state index in [4.69, 9.17) is 11.6 Å². The highest BCUT2D eigenvalue weighted by atomic mass is 35.5. The number of rotatable bonds is 4. The van der Waals surface area contributed by atoms with Crippen molar-refractivity contribution in [2.75, 3.05) is 0 Å². The van der Waals surface area contributed by atoms with Crippen LogP contribution in [0.2, 0.25) is 5.02 Å². The van der Waals surface area contributed by atoms with Crippen molar-refractivity contribution in [2.24, 2.45) is 0 Å². The Morgan fingerprint density at radius 3 is 2.27 bits per heavy atom. The predicted molar refractivity (Wildman–Crippen MR) is 86.5 cm³/mol. The van der Waals surface area contributed by atoms with Crippen LogP contribution in [-0.2, 0) is 4.79 Å². The summed E-state index contributed by atoms with van der Waals surface area (Å²) in [6.45, 7) is 1.92. The van der Waals surface area contributed by atoms with E-state index in [1.807, 2.05) is 37.3 Å². The van der Waals surface area contributed by atoms with Gasteiger partial charge < -0.3 is 0 Å². The summed E-state index contributed by atoms with van der Waals surface area (Å²) in [5, 5.41) is 0.337. The number of benzene rings is 2. The van der Waals surface area contributed by atoms with Gasteiger partial charge in [-0.15, -0.1) is 0 Å². The molecule has 114 valence electrons. The van der Waals surface area contributed by atoms with Crippen molar-refractivity contribution in [1.29, 1.82) is 0 Å². The normalized spacial score (nSPS) is 11.5. The third-order valence-corrected chi connectivity index (χ3v) is 3.67. The Bertz CT molecular complexity index is 659. The van der Waals surface area contributed by atoms with Crippen molar-refractivity contribution in [3.05, 3.63) is 70.7 Å². The predicted octanol–water partition coefficient (Wildman–Crippen LogP) is 3.29. The Labute approximate surface area is 134 Å². The van der Waals surface area contributed by atoms with E-state index in [0.29, 0.717) is 17.0 Å². The molecule has 4 nitrogen and oxygen atoms in total. The molecule has 2 N–H and O–H groups in total. The molecular formula is C17H17ClN2O2. The van der Waals surface area contributed by atoms with Crippen LogP contribution < -0.4 is 10.9 Å². The van der Waals surface area contributed by atoms with Crippen molar-refractivity contribution >= 4 is 23.4 Å². The molecule has 1 atom stereocenters. The topological polar surface area (TPSA) is 58.2 Å². The SMILES string of the molecule is CCC(C(=O)NNC(=O)c1ccccc1Cl)c1ccccc1. The molecule has 5 heteroatoms. The van der Waals surface area contributed by atoms with Crippen LogP contribution in [0.5, 0.6) is 0 Å². The van der Waals surface area contributed by atoms with E-state index < -0.39 is 5.91 Å². The van der Waals surface area contributed by atoms with Gasteiger partial charge in [-0.25, -0.2) is 0 Å². The molecule has 0 bridgehead atoms. The Hall–Kier alpha value is -2.33. The fourth-order valence-corrected chi connectivity index (χ4v) is 2.40. The zero-order valence-electron chi connectivity index (χ0n) is 12.2. The molecule has 0 aliphatic carbocycles. The lowest BCUT2D eigenvalue weighted by atomic mass is 9.96. The molecule has 0 spiro atoms. The first-order valence-electron chi connectivity index (χ1n) is 7.03. The minimum absolute atomic E-state index is 0.255. The number of hydrogen-bond acceptors (Lipinski definition) is 2.